The summed E-state index contributed by atoms with van der Waals surface area (Å²) in [5.74, 6) is -0.192. The van der Waals surface area contributed by atoms with E-state index in [1.807, 2.05) is 31.2 Å². The van der Waals surface area contributed by atoms with Crippen LogP contribution in [0.5, 0.6) is 0 Å². The van der Waals surface area contributed by atoms with Crippen molar-refractivity contribution < 1.29 is 9.59 Å². The summed E-state index contributed by atoms with van der Waals surface area (Å²) in [4.78, 5) is 25.8. The highest BCUT2D eigenvalue weighted by atomic mass is 32.2. The van der Waals surface area contributed by atoms with Gasteiger partial charge in [-0.15, -0.1) is 11.8 Å². The number of rotatable bonds is 4. The third-order valence-electron chi connectivity index (χ3n) is 5.33. The van der Waals surface area contributed by atoms with Gasteiger partial charge in [-0.25, -0.2) is 0 Å². The molecule has 5 heteroatoms. The smallest absolute Gasteiger partial charge is 0.238 e. The highest BCUT2D eigenvalue weighted by Gasteiger charge is 2.29. The monoisotopic (exact) mass is 380 g/mol. The number of aryl methyl sites for hydroxylation is 2. The molecule has 2 N–H and O–H groups in total. The van der Waals surface area contributed by atoms with E-state index < -0.39 is 5.25 Å². The number of nitrogens with one attached hydrogen (secondary N) is 2. The van der Waals surface area contributed by atoms with Crippen LogP contribution in [0, 0.1) is 0 Å². The molecule has 2 aromatic rings. The van der Waals surface area contributed by atoms with Gasteiger partial charge in [-0.2, -0.15) is 0 Å². The molecular weight excluding hydrogens is 356 g/mol. The molecule has 0 saturated carbocycles. The van der Waals surface area contributed by atoms with Crippen molar-refractivity contribution >= 4 is 29.3 Å². The Hall–Kier alpha value is -2.27. The van der Waals surface area contributed by atoms with Crippen LogP contribution < -0.4 is 10.6 Å². The normalized spacial score (nSPS) is 19.4. The van der Waals surface area contributed by atoms with E-state index in [4.69, 9.17) is 0 Å². The fourth-order valence-corrected chi connectivity index (χ4v) is 4.91. The van der Waals surface area contributed by atoms with Crippen LogP contribution in [0.15, 0.2) is 47.4 Å². The summed E-state index contributed by atoms with van der Waals surface area (Å²) in [7, 11) is 0. The molecule has 1 aliphatic heterocycles. The molecule has 0 saturated heterocycles. The standard InChI is InChI=1S/C22H24N2O2S/c1-14(16-11-10-15-6-2-3-7-17(15)12-16)23-21(25)13-20-22(26)24-18-8-4-5-9-19(18)27-20/h4-5,8-12,14,20H,2-3,6-7,13H2,1H3,(H,23,25)(H,24,26)/t14-,20-/m0/s1. The van der Waals surface area contributed by atoms with E-state index in [-0.39, 0.29) is 24.3 Å². The first-order valence-electron chi connectivity index (χ1n) is 9.58. The SMILES string of the molecule is C[C@H](NC(=O)C[C@@H]1Sc2ccccc2NC1=O)c1ccc2c(c1)CCCC2. The molecule has 0 spiro atoms. The van der Waals surface area contributed by atoms with Crippen LogP contribution in [0.3, 0.4) is 0 Å². The van der Waals surface area contributed by atoms with E-state index in [0.29, 0.717) is 0 Å². The zero-order valence-electron chi connectivity index (χ0n) is 15.5. The van der Waals surface area contributed by atoms with E-state index in [1.165, 1.54) is 35.7 Å². The van der Waals surface area contributed by atoms with Gasteiger partial charge < -0.3 is 10.6 Å². The first-order chi connectivity index (χ1) is 13.1. The van der Waals surface area contributed by atoms with Crippen LogP contribution in [0.4, 0.5) is 5.69 Å². The average Bonchev–Trinajstić information content (AvgIpc) is 2.68. The van der Waals surface area contributed by atoms with Crippen molar-refractivity contribution in [2.75, 3.05) is 5.32 Å². The number of fused-ring (bicyclic) bond motifs is 2. The second-order valence-corrected chi connectivity index (χ2v) is 8.57. The number of amides is 2. The molecule has 0 unspecified atom stereocenters. The molecule has 0 bridgehead atoms. The number of hydrogen-bond donors (Lipinski definition) is 2. The summed E-state index contributed by atoms with van der Waals surface area (Å²) in [5, 5.41) is 5.56. The lowest BCUT2D eigenvalue weighted by Crippen LogP contribution is -2.35. The molecule has 2 aromatic carbocycles. The quantitative estimate of drug-likeness (QED) is 0.834. The molecular formula is C22H24N2O2S. The maximum atomic E-state index is 12.5. The number of carbonyl (C=O) groups excluding carboxylic acids is 2. The van der Waals surface area contributed by atoms with Gasteiger partial charge in [0.1, 0.15) is 0 Å². The number of hydrogen-bond acceptors (Lipinski definition) is 3. The Kier molecular flexibility index (Phi) is 5.21. The van der Waals surface area contributed by atoms with Gasteiger partial charge >= 0.3 is 0 Å². The summed E-state index contributed by atoms with van der Waals surface area (Å²) < 4.78 is 0. The molecule has 4 nitrogen and oxygen atoms in total. The zero-order chi connectivity index (χ0) is 18.8. The number of anilines is 1. The molecule has 0 aromatic heterocycles. The third kappa shape index (κ3) is 4.03. The summed E-state index contributed by atoms with van der Waals surface area (Å²) in [6.45, 7) is 2.01. The van der Waals surface area contributed by atoms with Crippen LogP contribution >= 0.6 is 11.8 Å². The van der Waals surface area contributed by atoms with Gasteiger partial charge in [-0.3, -0.25) is 9.59 Å². The Morgan fingerprint density at radius 2 is 1.96 bits per heavy atom. The van der Waals surface area contributed by atoms with Crippen LogP contribution in [-0.4, -0.2) is 17.1 Å². The van der Waals surface area contributed by atoms with Crippen LogP contribution in [0.2, 0.25) is 0 Å². The van der Waals surface area contributed by atoms with Crippen molar-refractivity contribution in [1.29, 1.82) is 0 Å². The topological polar surface area (TPSA) is 58.2 Å². The summed E-state index contributed by atoms with van der Waals surface area (Å²) in [5.41, 5.74) is 4.82. The van der Waals surface area contributed by atoms with Crippen LogP contribution in [0.1, 0.15) is 48.9 Å². The highest BCUT2D eigenvalue weighted by Crippen LogP contribution is 2.36. The molecule has 1 aliphatic carbocycles. The Bertz CT molecular complexity index is 880. The summed E-state index contributed by atoms with van der Waals surface area (Å²) in [6, 6.07) is 14.2. The van der Waals surface area contributed by atoms with Gasteiger partial charge in [-0.1, -0.05) is 30.3 Å². The minimum atomic E-state index is -0.393. The van der Waals surface area contributed by atoms with Crippen molar-refractivity contribution in [2.45, 2.75) is 55.2 Å². The van der Waals surface area contributed by atoms with Crippen molar-refractivity contribution in [3.63, 3.8) is 0 Å². The lowest BCUT2D eigenvalue weighted by Gasteiger charge is -2.24. The second-order valence-electron chi connectivity index (χ2n) is 7.32. The predicted octanol–water partition coefficient (Wildman–Crippen LogP) is 4.25. The van der Waals surface area contributed by atoms with Crippen molar-refractivity contribution in [3.8, 4) is 0 Å². The largest absolute Gasteiger partial charge is 0.350 e. The number of carbonyl (C=O) groups is 2. The fraction of sp³-hybridized carbons (Fsp3) is 0.364. The van der Waals surface area contributed by atoms with E-state index in [1.54, 1.807) is 0 Å². The minimum Gasteiger partial charge on any atom is -0.350 e. The van der Waals surface area contributed by atoms with E-state index in [2.05, 4.69) is 28.8 Å². The van der Waals surface area contributed by atoms with E-state index >= 15 is 0 Å². The lowest BCUT2D eigenvalue weighted by molar-refractivity contribution is -0.124. The molecule has 0 fully saturated rings. The average molecular weight is 381 g/mol. The van der Waals surface area contributed by atoms with E-state index in [9.17, 15) is 9.59 Å². The summed E-state index contributed by atoms with van der Waals surface area (Å²) in [6.07, 6.45) is 4.98. The molecule has 140 valence electrons. The molecule has 27 heavy (non-hydrogen) atoms. The van der Waals surface area contributed by atoms with Gasteiger partial charge in [0.15, 0.2) is 0 Å². The first kappa shape index (κ1) is 18.1. The predicted molar refractivity (Wildman–Crippen MR) is 109 cm³/mol. The highest BCUT2D eigenvalue weighted by molar-refractivity contribution is 8.01. The maximum absolute atomic E-state index is 12.5. The number of benzene rings is 2. The van der Waals surface area contributed by atoms with Crippen LogP contribution in [0.25, 0.3) is 0 Å². The van der Waals surface area contributed by atoms with Gasteiger partial charge in [0.25, 0.3) is 0 Å². The summed E-state index contributed by atoms with van der Waals surface area (Å²) >= 11 is 1.46. The number of para-hydroxylation sites is 1. The number of thioether (sulfide) groups is 1. The Balaban J connectivity index is 1.38. The molecule has 0 radical (unpaired) electrons. The third-order valence-corrected chi connectivity index (χ3v) is 6.60. The van der Waals surface area contributed by atoms with Crippen molar-refractivity contribution in [1.82, 2.24) is 5.32 Å². The van der Waals surface area contributed by atoms with Gasteiger partial charge in [0.05, 0.1) is 17.0 Å². The molecule has 2 atom stereocenters. The fourth-order valence-electron chi connectivity index (χ4n) is 3.80. The molecule has 4 rings (SSSR count). The van der Waals surface area contributed by atoms with Gasteiger partial charge in [0, 0.05) is 11.3 Å². The molecule has 2 amide bonds. The molecule has 1 heterocycles. The first-order valence-corrected chi connectivity index (χ1v) is 10.5. The maximum Gasteiger partial charge on any atom is 0.238 e. The zero-order valence-corrected chi connectivity index (χ0v) is 16.3. The van der Waals surface area contributed by atoms with Crippen molar-refractivity contribution in [2.24, 2.45) is 0 Å². The van der Waals surface area contributed by atoms with E-state index in [0.717, 1.165) is 29.0 Å². The minimum absolute atomic E-state index is 0.0614. The second kappa shape index (κ2) is 7.77. The van der Waals surface area contributed by atoms with Gasteiger partial charge in [-0.05, 0) is 61.4 Å². The molecule has 2 aliphatic rings. The Morgan fingerprint density at radius 3 is 2.81 bits per heavy atom. The van der Waals surface area contributed by atoms with Crippen molar-refractivity contribution in [3.05, 3.63) is 59.2 Å². The Labute approximate surface area is 164 Å². The van der Waals surface area contributed by atoms with Crippen LogP contribution in [-0.2, 0) is 22.4 Å². The Morgan fingerprint density at radius 1 is 1.19 bits per heavy atom. The van der Waals surface area contributed by atoms with Gasteiger partial charge in [0.2, 0.25) is 11.8 Å². The lowest BCUT2D eigenvalue weighted by atomic mass is 9.89.